The van der Waals surface area contributed by atoms with Gasteiger partial charge in [-0.1, -0.05) is 140 Å². The Labute approximate surface area is 234 Å². The summed E-state index contributed by atoms with van der Waals surface area (Å²) in [6.07, 6.45) is 16.7. The molecule has 210 valence electrons. The van der Waals surface area contributed by atoms with Gasteiger partial charge >= 0.3 is 0 Å². The van der Waals surface area contributed by atoms with Crippen LogP contribution < -0.4 is 0 Å². The molecule has 0 heterocycles. The van der Waals surface area contributed by atoms with Crippen LogP contribution in [0.5, 0.6) is 0 Å². The van der Waals surface area contributed by atoms with E-state index in [4.69, 9.17) is 4.99 Å². The minimum Gasteiger partial charge on any atom is -0.344 e. The first-order valence-electron chi connectivity index (χ1n) is 15.3. The summed E-state index contributed by atoms with van der Waals surface area (Å²) in [5, 5.41) is 0. The van der Waals surface area contributed by atoms with E-state index < -0.39 is 0 Å². The third-order valence-electron chi connectivity index (χ3n) is 7.50. The first-order valence-corrected chi connectivity index (χ1v) is 15.3. The third kappa shape index (κ3) is 12.9. The van der Waals surface area contributed by atoms with Crippen LogP contribution in [0.4, 0.5) is 0 Å². The highest BCUT2D eigenvalue weighted by molar-refractivity contribution is 5.83. The molecule has 2 atom stereocenters. The van der Waals surface area contributed by atoms with E-state index in [1.807, 2.05) is 36.4 Å². The SMILES string of the molecule is CCCCCCCCCCCCN(C)C(=O)C(Cc1ccccc1)N=CC(C)Cc1ccc(C(C)C)cc1. The molecule has 3 nitrogen and oxygen atoms in total. The van der Waals surface area contributed by atoms with Crippen LogP contribution in [0.15, 0.2) is 59.6 Å². The van der Waals surface area contributed by atoms with Crippen LogP contribution in [0.25, 0.3) is 0 Å². The second-order valence-corrected chi connectivity index (χ2v) is 11.5. The molecule has 0 saturated carbocycles. The lowest BCUT2D eigenvalue weighted by atomic mass is 9.97. The molecule has 2 unspecified atom stereocenters. The van der Waals surface area contributed by atoms with E-state index >= 15 is 0 Å². The van der Waals surface area contributed by atoms with Crippen LogP contribution in [0.2, 0.25) is 0 Å². The Morgan fingerprint density at radius 1 is 0.763 bits per heavy atom. The van der Waals surface area contributed by atoms with Crippen molar-refractivity contribution < 1.29 is 4.79 Å². The van der Waals surface area contributed by atoms with Gasteiger partial charge in [-0.3, -0.25) is 9.79 Å². The summed E-state index contributed by atoms with van der Waals surface area (Å²) < 4.78 is 0. The minimum atomic E-state index is -0.365. The first kappa shape index (κ1) is 31.8. The molecule has 0 fully saturated rings. The number of aliphatic imine (C=N–C) groups is 1. The molecule has 2 rings (SSSR count). The number of rotatable bonds is 19. The van der Waals surface area contributed by atoms with E-state index in [9.17, 15) is 4.79 Å². The first-order chi connectivity index (χ1) is 18.4. The molecular formula is C35H54N2O. The Bertz CT molecular complexity index is 903. The minimum absolute atomic E-state index is 0.134. The normalized spacial score (nSPS) is 13.2. The lowest BCUT2D eigenvalue weighted by Crippen LogP contribution is -2.37. The maximum absolute atomic E-state index is 13.4. The van der Waals surface area contributed by atoms with E-state index in [0.29, 0.717) is 12.3 Å². The van der Waals surface area contributed by atoms with Crippen LogP contribution in [0.3, 0.4) is 0 Å². The summed E-state index contributed by atoms with van der Waals surface area (Å²) in [5.41, 5.74) is 3.85. The van der Waals surface area contributed by atoms with E-state index in [1.54, 1.807) is 0 Å². The summed E-state index contributed by atoms with van der Waals surface area (Å²) in [5.74, 6) is 0.956. The van der Waals surface area contributed by atoms with E-state index in [-0.39, 0.29) is 17.9 Å². The van der Waals surface area contributed by atoms with Gasteiger partial charge in [-0.2, -0.15) is 0 Å². The molecule has 0 aromatic heterocycles. The quantitative estimate of drug-likeness (QED) is 0.135. The molecule has 2 aromatic carbocycles. The summed E-state index contributed by atoms with van der Waals surface area (Å²) in [6, 6.07) is 18.8. The number of unbranched alkanes of at least 4 members (excludes halogenated alkanes) is 9. The highest BCUT2D eigenvalue weighted by Crippen LogP contribution is 2.17. The number of benzene rings is 2. The Morgan fingerprint density at radius 3 is 1.89 bits per heavy atom. The predicted octanol–water partition coefficient (Wildman–Crippen LogP) is 9.05. The van der Waals surface area contributed by atoms with E-state index in [2.05, 4.69) is 64.1 Å². The number of hydrogen-bond donors (Lipinski definition) is 0. The number of carbonyl (C=O) groups is 1. The second kappa shape index (κ2) is 18.8. The summed E-state index contributed by atoms with van der Waals surface area (Å²) >= 11 is 0. The van der Waals surface area contributed by atoms with Crippen molar-refractivity contribution in [1.29, 1.82) is 0 Å². The molecule has 0 radical (unpaired) electrons. The van der Waals surface area contributed by atoms with Crippen molar-refractivity contribution in [3.63, 3.8) is 0 Å². The van der Waals surface area contributed by atoms with Gasteiger partial charge in [0.25, 0.3) is 0 Å². The molecule has 0 spiro atoms. The number of amides is 1. The number of likely N-dealkylation sites (N-methyl/N-ethyl adjacent to an activating group) is 1. The number of carbonyl (C=O) groups excluding carboxylic acids is 1. The fourth-order valence-electron chi connectivity index (χ4n) is 4.96. The van der Waals surface area contributed by atoms with Gasteiger partial charge in [0.15, 0.2) is 0 Å². The molecule has 0 aliphatic rings. The van der Waals surface area contributed by atoms with Crippen LogP contribution in [0.1, 0.15) is 115 Å². The van der Waals surface area contributed by atoms with Gasteiger partial charge in [-0.25, -0.2) is 0 Å². The lowest BCUT2D eigenvalue weighted by molar-refractivity contribution is -0.131. The van der Waals surface area contributed by atoms with Crippen LogP contribution in [-0.2, 0) is 17.6 Å². The van der Waals surface area contributed by atoms with Crippen molar-refractivity contribution in [3.8, 4) is 0 Å². The topological polar surface area (TPSA) is 32.7 Å². The van der Waals surface area contributed by atoms with Gasteiger partial charge in [0, 0.05) is 26.2 Å². The highest BCUT2D eigenvalue weighted by Gasteiger charge is 2.21. The van der Waals surface area contributed by atoms with Gasteiger partial charge in [-0.05, 0) is 41.4 Å². The zero-order valence-electron chi connectivity index (χ0n) is 25.0. The van der Waals surface area contributed by atoms with Crippen molar-refractivity contribution in [2.45, 2.75) is 117 Å². The standard InChI is InChI=1S/C35H54N2O/c1-6-7-8-9-10-11-12-13-14-18-25-37(5)35(38)34(27-31-19-16-15-17-20-31)36-28-30(4)26-32-21-23-33(24-22-32)29(2)3/h15-17,19-24,28-30,34H,6-14,18,25-27H2,1-5H3. The Kier molecular flexibility index (Phi) is 15.7. The molecule has 2 aromatic rings. The maximum atomic E-state index is 13.4. The maximum Gasteiger partial charge on any atom is 0.247 e. The summed E-state index contributed by atoms with van der Waals surface area (Å²) in [6.45, 7) is 9.72. The Morgan fingerprint density at radius 2 is 1.32 bits per heavy atom. The average molecular weight is 519 g/mol. The van der Waals surface area contributed by atoms with Gasteiger partial charge in [0.2, 0.25) is 5.91 Å². The zero-order chi connectivity index (χ0) is 27.6. The van der Waals surface area contributed by atoms with Gasteiger partial charge in [0.05, 0.1) is 0 Å². The molecule has 0 bridgehead atoms. The van der Waals surface area contributed by atoms with Crippen LogP contribution in [0, 0.1) is 5.92 Å². The molecule has 0 aliphatic heterocycles. The van der Waals surface area contributed by atoms with Crippen molar-refractivity contribution in [1.82, 2.24) is 4.90 Å². The number of nitrogens with zero attached hydrogens (tertiary/aromatic N) is 2. The number of hydrogen-bond acceptors (Lipinski definition) is 2. The van der Waals surface area contributed by atoms with Crippen LogP contribution >= 0.6 is 0 Å². The Balaban J connectivity index is 1.85. The summed E-state index contributed by atoms with van der Waals surface area (Å²) in [7, 11) is 1.95. The van der Waals surface area contributed by atoms with Gasteiger partial charge < -0.3 is 4.90 Å². The largest absolute Gasteiger partial charge is 0.344 e. The predicted molar refractivity (Wildman–Crippen MR) is 165 cm³/mol. The fourth-order valence-corrected chi connectivity index (χ4v) is 4.96. The van der Waals surface area contributed by atoms with Crippen molar-refractivity contribution in [2.75, 3.05) is 13.6 Å². The van der Waals surface area contributed by atoms with Gasteiger partial charge in [0.1, 0.15) is 6.04 Å². The summed E-state index contributed by atoms with van der Waals surface area (Å²) in [4.78, 5) is 20.2. The second-order valence-electron chi connectivity index (χ2n) is 11.5. The molecule has 0 N–H and O–H groups in total. The molecule has 38 heavy (non-hydrogen) atoms. The molecule has 3 heteroatoms. The Hall–Kier alpha value is -2.42. The average Bonchev–Trinajstić information content (AvgIpc) is 2.92. The molecular weight excluding hydrogens is 464 g/mol. The zero-order valence-corrected chi connectivity index (χ0v) is 25.0. The monoisotopic (exact) mass is 518 g/mol. The van der Waals surface area contributed by atoms with Crippen LogP contribution in [-0.4, -0.2) is 36.7 Å². The molecule has 1 amide bonds. The molecule has 0 aliphatic carbocycles. The van der Waals surface area contributed by atoms with Gasteiger partial charge in [-0.15, -0.1) is 0 Å². The lowest BCUT2D eigenvalue weighted by Gasteiger charge is -2.22. The van der Waals surface area contributed by atoms with Crippen molar-refractivity contribution in [2.24, 2.45) is 10.9 Å². The van der Waals surface area contributed by atoms with Crippen molar-refractivity contribution in [3.05, 3.63) is 71.3 Å². The van der Waals surface area contributed by atoms with E-state index in [0.717, 1.165) is 24.9 Å². The fraction of sp³-hybridized carbons (Fsp3) is 0.600. The van der Waals surface area contributed by atoms with E-state index in [1.165, 1.54) is 68.9 Å². The highest BCUT2D eigenvalue weighted by atomic mass is 16.2. The third-order valence-corrected chi connectivity index (χ3v) is 7.50. The molecule has 0 saturated heterocycles. The smallest absolute Gasteiger partial charge is 0.247 e. The van der Waals surface area contributed by atoms with Crippen molar-refractivity contribution >= 4 is 12.1 Å².